The molecule has 3 fully saturated rings. The molecule has 0 radical (unpaired) electrons. The minimum atomic E-state index is -0.347. The van der Waals surface area contributed by atoms with Gasteiger partial charge in [0.1, 0.15) is 12.1 Å². The quantitative estimate of drug-likeness (QED) is 0.613. The monoisotopic (exact) mass is 443 g/mol. The number of benzene rings is 1. The van der Waals surface area contributed by atoms with Crippen molar-refractivity contribution in [1.29, 1.82) is 5.26 Å². The fourth-order valence-electron chi connectivity index (χ4n) is 5.63. The molecule has 33 heavy (non-hydrogen) atoms. The third-order valence-corrected chi connectivity index (χ3v) is 7.78. The molecule has 3 aliphatic rings. The van der Waals surface area contributed by atoms with Crippen molar-refractivity contribution in [3.8, 4) is 11.9 Å². The molecule has 0 spiro atoms. The average molecular weight is 444 g/mol. The van der Waals surface area contributed by atoms with Gasteiger partial charge in [-0.1, -0.05) is 12.1 Å². The lowest BCUT2D eigenvalue weighted by molar-refractivity contribution is 0.105. The molecule has 1 aromatic carbocycles. The number of fused-ring (bicyclic) bond motifs is 1. The van der Waals surface area contributed by atoms with Crippen LogP contribution in [0, 0.1) is 11.3 Å². The number of ether oxygens (including phenoxy) is 1. The lowest BCUT2D eigenvalue weighted by Gasteiger charge is -2.43. The van der Waals surface area contributed by atoms with Gasteiger partial charge in [0.25, 0.3) is 0 Å². The fourth-order valence-corrected chi connectivity index (χ4v) is 5.63. The van der Waals surface area contributed by atoms with Gasteiger partial charge < -0.3 is 9.64 Å². The summed E-state index contributed by atoms with van der Waals surface area (Å²) in [6.45, 7) is 6.90. The molecule has 0 unspecified atom stereocenters. The Morgan fingerprint density at radius 3 is 2.76 bits per heavy atom. The Bertz CT molecular complexity index is 1200. The molecule has 3 aromatic rings. The van der Waals surface area contributed by atoms with Crippen LogP contribution in [-0.2, 0) is 10.2 Å². The number of nitrogens with zero attached hydrogens (tertiary/aromatic N) is 7. The second kappa shape index (κ2) is 8.08. The number of rotatable bonds is 4. The van der Waals surface area contributed by atoms with E-state index in [1.807, 2.05) is 16.9 Å². The van der Waals surface area contributed by atoms with Gasteiger partial charge in [-0.3, -0.25) is 4.90 Å². The molecule has 6 rings (SSSR count). The predicted octanol–water partition coefficient (Wildman–Crippen LogP) is 3.06. The van der Waals surface area contributed by atoms with Crippen LogP contribution in [0.4, 0.5) is 5.82 Å². The van der Waals surface area contributed by atoms with E-state index in [1.54, 1.807) is 6.33 Å². The first-order chi connectivity index (χ1) is 16.2. The second-order valence-electron chi connectivity index (χ2n) is 9.66. The van der Waals surface area contributed by atoms with Crippen LogP contribution in [0.25, 0.3) is 16.7 Å². The van der Waals surface area contributed by atoms with Crippen molar-refractivity contribution < 1.29 is 4.74 Å². The van der Waals surface area contributed by atoms with E-state index in [1.165, 1.54) is 0 Å². The summed E-state index contributed by atoms with van der Waals surface area (Å²) in [5.74, 6) is 1.69. The van der Waals surface area contributed by atoms with Gasteiger partial charge in [0, 0.05) is 49.8 Å². The number of aromatic nitrogens is 4. The first kappa shape index (κ1) is 20.6. The summed E-state index contributed by atoms with van der Waals surface area (Å²) in [6.07, 6.45) is 7.59. The number of piperazine rings is 1. The first-order valence-corrected chi connectivity index (χ1v) is 12.0. The number of hydrogen-bond donors (Lipinski definition) is 0. The highest BCUT2D eigenvalue weighted by atomic mass is 16.5. The molecule has 2 saturated heterocycles. The maximum atomic E-state index is 9.78. The van der Waals surface area contributed by atoms with Crippen LogP contribution in [-0.4, -0.2) is 69.6 Å². The van der Waals surface area contributed by atoms with Crippen LogP contribution in [0.3, 0.4) is 0 Å². The van der Waals surface area contributed by atoms with E-state index in [0.717, 1.165) is 86.6 Å². The zero-order valence-corrected chi connectivity index (χ0v) is 19.0. The molecule has 2 aromatic heterocycles. The minimum Gasteiger partial charge on any atom is -0.380 e. The molecule has 0 bridgehead atoms. The normalized spacial score (nSPS) is 25.2. The van der Waals surface area contributed by atoms with Gasteiger partial charge in [0.05, 0.1) is 29.8 Å². The zero-order valence-electron chi connectivity index (χ0n) is 19.0. The predicted molar refractivity (Wildman–Crippen MR) is 125 cm³/mol. The summed E-state index contributed by atoms with van der Waals surface area (Å²) < 4.78 is 7.48. The molecule has 4 heterocycles. The number of nitriles is 1. The van der Waals surface area contributed by atoms with Crippen LogP contribution < -0.4 is 4.90 Å². The summed E-state index contributed by atoms with van der Waals surface area (Å²) in [4.78, 5) is 14.1. The second-order valence-corrected chi connectivity index (χ2v) is 9.66. The van der Waals surface area contributed by atoms with Gasteiger partial charge in [-0.2, -0.15) is 10.4 Å². The van der Waals surface area contributed by atoms with E-state index >= 15 is 0 Å². The van der Waals surface area contributed by atoms with Crippen LogP contribution in [0.1, 0.15) is 38.2 Å². The van der Waals surface area contributed by atoms with Crippen LogP contribution in [0.2, 0.25) is 0 Å². The van der Waals surface area contributed by atoms with Crippen LogP contribution in [0.15, 0.2) is 36.8 Å². The zero-order chi connectivity index (χ0) is 22.4. The Morgan fingerprint density at radius 2 is 2.03 bits per heavy atom. The van der Waals surface area contributed by atoms with E-state index in [0.29, 0.717) is 12.1 Å². The van der Waals surface area contributed by atoms with E-state index in [-0.39, 0.29) is 5.41 Å². The highest BCUT2D eigenvalue weighted by Gasteiger charge is 2.39. The molecule has 0 amide bonds. The van der Waals surface area contributed by atoms with Crippen molar-refractivity contribution in [3.05, 3.63) is 42.4 Å². The van der Waals surface area contributed by atoms with Crippen molar-refractivity contribution >= 4 is 16.7 Å². The van der Waals surface area contributed by atoms with Gasteiger partial charge in [0.2, 0.25) is 0 Å². The maximum absolute atomic E-state index is 9.78. The molecule has 2 atom stereocenters. The van der Waals surface area contributed by atoms with Gasteiger partial charge in [-0.15, -0.1) is 0 Å². The summed E-state index contributed by atoms with van der Waals surface area (Å²) >= 11 is 0. The van der Waals surface area contributed by atoms with Crippen LogP contribution in [0.5, 0.6) is 0 Å². The molecule has 170 valence electrons. The lowest BCUT2D eigenvalue weighted by Crippen LogP contribution is -2.55. The Balaban J connectivity index is 1.28. The van der Waals surface area contributed by atoms with Crippen molar-refractivity contribution in [3.63, 3.8) is 0 Å². The molecule has 1 saturated carbocycles. The number of anilines is 1. The fraction of sp³-hybridized carbons (Fsp3) is 0.520. The molecular formula is C25H29N7O. The average Bonchev–Trinajstić information content (AvgIpc) is 3.49. The van der Waals surface area contributed by atoms with Crippen molar-refractivity contribution in [2.24, 2.45) is 0 Å². The highest BCUT2D eigenvalue weighted by Crippen LogP contribution is 2.43. The summed E-state index contributed by atoms with van der Waals surface area (Å²) in [5.41, 5.74) is 1.72. The molecular weight excluding hydrogens is 414 g/mol. The molecule has 1 aliphatic carbocycles. The Morgan fingerprint density at radius 1 is 1.15 bits per heavy atom. The van der Waals surface area contributed by atoms with E-state index in [2.05, 4.69) is 56.1 Å². The number of hydrogen-bond acceptors (Lipinski definition) is 7. The third-order valence-electron chi connectivity index (χ3n) is 7.78. The van der Waals surface area contributed by atoms with E-state index in [4.69, 9.17) is 4.74 Å². The topological polar surface area (TPSA) is 83.1 Å². The van der Waals surface area contributed by atoms with E-state index < -0.39 is 0 Å². The highest BCUT2D eigenvalue weighted by molar-refractivity contribution is 5.81. The van der Waals surface area contributed by atoms with Gasteiger partial charge in [-0.25, -0.2) is 14.6 Å². The molecule has 8 heteroatoms. The maximum Gasteiger partial charge on any atom is 0.159 e. The summed E-state index contributed by atoms with van der Waals surface area (Å²) in [5, 5.41) is 15.5. The summed E-state index contributed by atoms with van der Waals surface area (Å²) in [6, 6.07) is 11.8. The van der Waals surface area contributed by atoms with Crippen molar-refractivity contribution in [2.75, 3.05) is 37.7 Å². The van der Waals surface area contributed by atoms with Crippen molar-refractivity contribution in [2.45, 2.75) is 50.1 Å². The minimum absolute atomic E-state index is 0.347. The molecule has 0 N–H and O–H groups in total. The third kappa shape index (κ3) is 3.47. The van der Waals surface area contributed by atoms with Gasteiger partial charge in [-0.05, 0) is 44.2 Å². The van der Waals surface area contributed by atoms with Crippen LogP contribution >= 0.6 is 0 Å². The SMILES string of the molecule is C[C@@H]1CN(c2cc(-n3ncc4ccc(C5(C#N)CCC5)cc43)ncn2)CCN1[C@H]1CCOC1. The Hall–Kier alpha value is -3.02. The first-order valence-electron chi connectivity index (χ1n) is 12.0. The molecule has 2 aliphatic heterocycles. The standard InChI is InChI=1S/C25H29N7O/c1-18-14-30(8-9-31(18)21-5-10-33-15-21)23-12-24(28-17-27-23)32-22-11-20(4-3-19(22)13-29-32)25(16-26)6-2-7-25/h3-4,11-13,17-18,21H,2,5-10,14-15H2,1H3/t18-,21+/m1/s1. The molecule has 8 nitrogen and oxygen atoms in total. The lowest BCUT2D eigenvalue weighted by atomic mass is 9.65. The van der Waals surface area contributed by atoms with E-state index in [9.17, 15) is 5.26 Å². The summed E-state index contributed by atoms with van der Waals surface area (Å²) in [7, 11) is 0. The Kier molecular flexibility index (Phi) is 5.04. The van der Waals surface area contributed by atoms with Gasteiger partial charge in [0.15, 0.2) is 5.82 Å². The Labute approximate surface area is 193 Å². The largest absolute Gasteiger partial charge is 0.380 e. The van der Waals surface area contributed by atoms with Crippen molar-refractivity contribution in [1.82, 2.24) is 24.6 Å². The smallest absolute Gasteiger partial charge is 0.159 e. The van der Waals surface area contributed by atoms with Gasteiger partial charge >= 0.3 is 0 Å².